The van der Waals surface area contributed by atoms with Gasteiger partial charge < -0.3 is 4.74 Å². The zero-order chi connectivity index (χ0) is 23.0. The van der Waals surface area contributed by atoms with Crippen molar-refractivity contribution in [2.45, 2.75) is 51.6 Å². The van der Waals surface area contributed by atoms with Crippen LogP contribution in [0.25, 0.3) is 10.3 Å². The highest BCUT2D eigenvalue weighted by Gasteiger charge is 2.39. The topological polar surface area (TPSA) is 77.3 Å². The average molecular weight is 466 g/mol. The molecule has 0 spiro atoms. The first-order chi connectivity index (χ1) is 15.2. The minimum absolute atomic E-state index is 0.0845. The van der Waals surface area contributed by atoms with Crippen LogP contribution < -0.4 is 5.56 Å². The lowest BCUT2D eigenvalue weighted by molar-refractivity contribution is -0.148. The van der Waals surface area contributed by atoms with Gasteiger partial charge in [-0.3, -0.25) is 14.3 Å². The number of nitrogens with zero attached hydrogens (tertiary/aromatic N) is 4. The number of aromatic nitrogens is 3. The molecule has 0 N–H and O–H groups in total. The molecule has 7 nitrogen and oxygen atoms in total. The van der Waals surface area contributed by atoms with Crippen LogP contribution in [0.2, 0.25) is 0 Å². The van der Waals surface area contributed by atoms with Crippen LogP contribution in [0, 0.1) is 0 Å². The summed E-state index contributed by atoms with van der Waals surface area (Å²) in [6, 6.07) is 8.01. The van der Waals surface area contributed by atoms with Crippen LogP contribution in [0.3, 0.4) is 0 Å². The first-order valence-corrected chi connectivity index (χ1v) is 11.0. The SMILES string of the molecule is CC(C)n1c(C(F)(F)F)nc2sc(C3CCCN3C(=O)OCc3ccccc3)nc2c1=O. The first-order valence-electron chi connectivity index (χ1n) is 10.1. The number of benzene rings is 1. The molecule has 11 heteroatoms. The number of ether oxygens (including phenoxy) is 1. The molecule has 0 radical (unpaired) electrons. The van der Waals surface area contributed by atoms with Gasteiger partial charge >= 0.3 is 12.3 Å². The summed E-state index contributed by atoms with van der Waals surface area (Å²) >= 11 is 0.910. The molecule has 1 atom stereocenters. The Hall–Kier alpha value is -2.95. The maximum absolute atomic E-state index is 13.5. The van der Waals surface area contributed by atoms with Gasteiger partial charge in [0, 0.05) is 12.6 Å². The van der Waals surface area contributed by atoms with E-state index < -0.39 is 35.7 Å². The summed E-state index contributed by atoms with van der Waals surface area (Å²) in [5.41, 5.74) is -0.109. The predicted octanol–water partition coefficient (Wildman–Crippen LogP) is 4.93. The fraction of sp³-hybridized carbons (Fsp3) is 0.429. The van der Waals surface area contributed by atoms with Crippen LogP contribution >= 0.6 is 11.3 Å². The van der Waals surface area contributed by atoms with Crippen molar-refractivity contribution in [2.24, 2.45) is 0 Å². The van der Waals surface area contributed by atoms with Crippen LogP contribution in [0.15, 0.2) is 35.1 Å². The van der Waals surface area contributed by atoms with Gasteiger partial charge in [0.25, 0.3) is 5.56 Å². The monoisotopic (exact) mass is 466 g/mol. The number of alkyl halides is 3. The number of carbonyl (C=O) groups excluding carboxylic acids is 1. The summed E-state index contributed by atoms with van der Waals surface area (Å²) in [7, 11) is 0. The number of fused-ring (bicyclic) bond motifs is 1. The molecule has 0 saturated carbocycles. The van der Waals surface area contributed by atoms with E-state index in [0.717, 1.165) is 16.9 Å². The van der Waals surface area contributed by atoms with E-state index in [-0.39, 0.29) is 17.0 Å². The van der Waals surface area contributed by atoms with Gasteiger partial charge in [0.15, 0.2) is 10.3 Å². The molecule has 1 fully saturated rings. The summed E-state index contributed by atoms with van der Waals surface area (Å²) in [5, 5.41) is 0.383. The van der Waals surface area contributed by atoms with Crippen LogP contribution in [0.4, 0.5) is 18.0 Å². The number of halogens is 3. The molecule has 32 heavy (non-hydrogen) atoms. The van der Waals surface area contributed by atoms with E-state index in [1.165, 1.54) is 18.7 Å². The Bertz CT molecular complexity index is 1190. The van der Waals surface area contributed by atoms with Crippen molar-refractivity contribution in [1.29, 1.82) is 0 Å². The van der Waals surface area contributed by atoms with Crippen molar-refractivity contribution < 1.29 is 22.7 Å². The predicted molar refractivity (Wildman–Crippen MR) is 112 cm³/mol. The Morgan fingerprint density at radius 3 is 2.62 bits per heavy atom. The third kappa shape index (κ3) is 4.21. The van der Waals surface area contributed by atoms with E-state index in [9.17, 15) is 22.8 Å². The van der Waals surface area contributed by atoms with Gasteiger partial charge in [-0.15, -0.1) is 0 Å². The minimum Gasteiger partial charge on any atom is -0.445 e. The minimum atomic E-state index is -4.78. The van der Waals surface area contributed by atoms with E-state index in [4.69, 9.17) is 4.74 Å². The van der Waals surface area contributed by atoms with Crippen LogP contribution in [-0.2, 0) is 17.5 Å². The van der Waals surface area contributed by atoms with Crippen LogP contribution in [0.1, 0.15) is 55.2 Å². The highest BCUT2D eigenvalue weighted by molar-refractivity contribution is 7.18. The Morgan fingerprint density at radius 1 is 1.25 bits per heavy atom. The van der Waals surface area contributed by atoms with E-state index in [1.807, 2.05) is 30.3 Å². The van der Waals surface area contributed by atoms with Gasteiger partial charge in [-0.05, 0) is 32.3 Å². The largest absolute Gasteiger partial charge is 0.449 e. The fourth-order valence-corrected chi connectivity index (χ4v) is 4.85. The highest BCUT2D eigenvalue weighted by Crippen LogP contribution is 2.37. The molecule has 1 saturated heterocycles. The Kier molecular flexibility index (Phi) is 5.93. The average Bonchev–Trinajstić information content (AvgIpc) is 3.38. The maximum atomic E-state index is 13.5. The number of hydrogen-bond acceptors (Lipinski definition) is 6. The Balaban J connectivity index is 1.64. The molecule has 1 unspecified atom stereocenters. The standard InChI is InChI=1S/C21H21F3N4O3S/c1-12(2)28-18(29)15-17(26-19(28)21(22,23)24)32-16(25-15)14-9-6-10-27(14)20(30)31-11-13-7-4-3-5-8-13/h3-5,7-8,12,14H,6,9-11H2,1-2H3. The van der Waals surface area contributed by atoms with Crippen molar-refractivity contribution in [2.75, 3.05) is 6.54 Å². The van der Waals surface area contributed by atoms with E-state index in [2.05, 4.69) is 9.97 Å². The summed E-state index contributed by atoms with van der Waals surface area (Å²) < 4.78 is 46.6. The molecule has 1 aliphatic heterocycles. The first kappa shape index (κ1) is 22.3. The molecular formula is C21H21F3N4O3S. The van der Waals surface area contributed by atoms with Gasteiger partial charge in [-0.1, -0.05) is 41.7 Å². The second-order valence-electron chi connectivity index (χ2n) is 7.80. The zero-order valence-electron chi connectivity index (χ0n) is 17.4. The molecular weight excluding hydrogens is 445 g/mol. The molecule has 1 amide bonds. The lowest BCUT2D eigenvalue weighted by atomic mass is 10.2. The molecule has 3 heterocycles. The maximum Gasteiger partial charge on any atom is 0.449 e. The van der Waals surface area contributed by atoms with Gasteiger partial charge in [-0.2, -0.15) is 13.2 Å². The normalized spacial score (nSPS) is 16.8. The van der Waals surface area contributed by atoms with Gasteiger partial charge in [0.1, 0.15) is 11.6 Å². The van der Waals surface area contributed by atoms with Gasteiger partial charge in [-0.25, -0.2) is 14.8 Å². The summed E-state index contributed by atoms with van der Waals surface area (Å²) in [6.45, 7) is 3.52. The molecule has 1 aliphatic rings. The van der Waals surface area contributed by atoms with E-state index in [1.54, 1.807) is 0 Å². The van der Waals surface area contributed by atoms with Crippen molar-refractivity contribution >= 4 is 27.8 Å². The van der Waals surface area contributed by atoms with Crippen LogP contribution in [0.5, 0.6) is 0 Å². The Labute approximate surface area is 185 Å². The number of carbonyl (C=O) groups is 1. The summed E-state index contributed by atoms with van der Waals surface area (Å²) in [4.78, 5) is 34.9. The molecule has 0 aliphatic carbocycles. The van der Waals surface area contributed by atoms with Crippen LogP contribution in [-0.4, -0.2) is 32.1 Å². The third-order valence-electron chi connectivity index (χ3n) is 5.23. The number of rotatable bonds is 4. The number of hydrogen-bond donors (Lipinski definition) is 0. The lowest BCUT2D eigenvalue weighted by Crippen LogP contribution is -2.31. The molecule has 0 bridgehead atoms. The van der Waals surface area contributed by atoms with Crippen molar-refractivity contribution in [3.05, 3.63) is 57.1 Å². The molecule has 3 aromatic rings. The van der Waals surface area contributed by atoms with E-state index >= 15 is 0 Å². The fourth-order valence-electron chi connectivity index (χ4n) is 3.77. The Morgan fingerprint density at radius 2 is 1.97 bits per heavy atom. The second-order valence-corrected chi connectivity index (χ2v) is 8.81. The van der Waals surface area contributed by atoms with Crippen molar-refractivity contribution in [1.82, 2.24) is 19.4 Å². The van der Waals surface area contributed by atoms with Crippen molar-refractivity contribution in [3.63, 3.8) is 0 Å². The molecule has 2 aromatic heterocycles. The van der Waals surface area contributed by atoms with Gasteiger partial charge in [0.05, 0.1) is 6.04 Å². The molecule has 1 aromatic carbocycles. The van der Waals surface area contributed by atoms with Gasteiger partial charge in [0.2, 0.25) is 5.82 Å². The number of amides is 1. The zero-order valence-corrected chi connectivity index (χ0v) is 18.2. The molecule has 170 valence electrons. The third-order valence-corrected chi connectivity index (χ3v) is 6.28. The smallest absolute Gasteiger partial charge is 0.445 e. The van der Waals surface area contributed by atoms with E-state index in [0.29, 0.717) is 29.0 Å². The highest BCUT2D eigenvalue weighted by atomic mass is 32.1. The lowest BCUT2D eigenvalue weighted by Gasteiger charge is -2.22. The summed E-state index contributed by atoms with van der Waals surface area (Å²) in [6.07, 6.45) is -4.04. The molecule has 4 rings (SSSR count). The number of thiazole rings is 1. The number of likely N-dealkylation sites (tertiary alicyclic amines) is 1. The quantitative estimate of drug-likeness (QED) is 0.545. The second kappa shape index (κ2) is 8.53. The van der Waals surface area contributed by atoms with Crippen molar-refractivity contribution in [3.8, 4) is 0 Å². The summed E-state index contributed by atoms with van der Waals surface area (Å²) in [5.74, 6) is -1.24.